The molecule has 0 N–H and O–H groups in total. The van der Waals surface area contributed by atoms with E-state index in [1.807, 2.05) is 0 Å². The third-order valence-electron chi connectivity index (χ3n) is 3.02. The SMILES string of the molecule is C=P1(c2ccccc2)CCC(C)C1. The van der Waals surface area contributed by atoms with Crippen LogP contribution in [0.1, 0.15) is 13.3 Å². The van der Waals surface area contributed by atoms with E-state index < -0.39 is 6.89 Å². The summed E-state index contributed by atoms with van der Waals surface area (Å²) in [6.07, 6.45) is 8.60. The van der Waals surface area contributed by atoms with Crippen LogP contribution in [0, 0.1) is 5.92 Å². The Bertz CT molecular complexity index is 326. The van der Waals surface area contributed by atoms with Gasteiger partial charge < -0.3 is 0 Å². The summed E-state index contributed by atoms with van der Waals surface area (Å²) in [5, 5.41) is 1.53. The summed E-state index contributed by atoms with van der Waals surface area (Å²) < 4.78 is 0. The van der Waals surface area contributed by atoms with Crippen molar-refractivity contribution in [2.75, 3.05) is 12.3 Å². The van der Waals surface area contributed by atoms with Gasteiger partial charge in [0.25, 0.3) is 0 Å². The first kappa shape index (κ1) is 9.09. The lowest BCUT2D eigenvalue weighted by molar-refractivity contribution is 0.669. The van der Waals surface area contributed by atoms with Gasteiger partial charge >= 0.3 is 0 Å². The van der Waals surface area contributed by atoms with Gasteiger partial charge in [-0.05, 0) is 30.0 Å². The topological polar surface area (TPSA) is 0 Å². The molecule has 0 bridgehead atoms. The Kier molecular flexibility index (Phi) is 2.34. The van der Waals surface area contributed by atoms with E-state index in [-0.39, 0.29) is 0 Å². The number of hydrogen-bond acceptors (Lipinski definition) is 0. The molecule has 1 saturated heterocycles. The molecule has 0 nitrogen and oxygen atoms in total. The van der Waals surface area contributed by atoms with E-state index in [9.17, 15) is 0 Å². The van der Waals surface area contributed by atoms with Crippen molar-refractivity contribution in [3.8, 4) is 0 Å². The van der Waals surface area contributed by atoms with Crippen molar-refractivity contribution < 1.29 is 0 Å². The Labute approximate surface area is 81.0 Å². The van der Waals surface area contributed by atoms with Crippen LogP contribution in [0.3, 0.4) is 0 Å². The van der Waals surface area contributed by atoms with Crippen molar-refractivity contribution in [3.63, 3.8) is 0 Å². The molecular weight excluding hydrogens is 175 g/mol. The number of rotatable bonds is 1. The van der Waals surface area contributed by atoms with Gasteiger partial charge in [0.05, 0.1) is 0 Å². The van der Waals surface area contributed by atoms with Crippen molar-refractivity contribution in [1.29, 1.82) is 0 Å². The van der Waals surface area contributed by atoms with Crippen molar-refractivity contribution in [3.05, 3.63) is 30.3 Å². The Morgan fingerprint density at radius 3 is 2.54 bits per heavy atom. The maximum Gasteiger partial charge on any atom is -0.0250 e. The van der Waals surface area contributed by atoms with E-state index in [4.69, 9.17) is 0 Å². The van der Waals surface area contributed by atoms with E-state index in [2.05, 4.69) is 43.6 Å². The number of benzene rings is 1. The lowest BCUT2D eigenvalue weighted by atomic mass is 10.2. The van der Waals surface area contributed by atoms with Gasteiger partial charge in [-0.2, -0.15) is 0 Å². The molecule has 70 valence electrons. The fraction of sp³-hybridized carbons (Fsp3) is 0.417. The van der Waals surface area contributed by atoms with Crippen LogP contribution >= 0.6 is 6.89 Å². The highest BCUT2D eigenvalue weighted by atomic mass is 31.2. The second kappa shape index (κ2) is 3.35. The Morgan fingerprint density at radius 1 is 1.31 bits per heavy atom. The molecule has 0 amide bonds. The van der Waals surface area contributed by atoms with E-state index in [0.29, 0.717) is 0 Å². The molecule has 0 radical (unpaired) electrons. The molecule has 1 aromatic carbocycles. The van der Waals surface area contributed by atoms with Crippen LogP contribution in [-0.2, 0) is 0 Å². The molecule has 2 rings (SSSR count). The summed E-state index contributed by atoms with van der Waals surface area (Å²) in [4.78, 5) is 0. The standard InChI is InChI=1S/C12H17P/c1-11-8-9-13(2,10-11)12-6-4-3-5-7-12/h3-7,11H,2,8-10H2,1H3. The third kappa shape index (κ3) is 1.74. The van der Waals surface area contributed by atoms with Crippen LogP contribution < -0.4 is 5.30 Å². The highest BCUT2D eigenvalue weighted by Gasteiger charge is 2.26. The van der Waals surface area contributed by atoms with Crippen molar-refractivity contribution in [2.24, 2.45) is 5.92 Å². The van der Waals surface area contributed by atoms with E-state index >= 15 is 0 Å². The van der Waals surface area contributed by atoms with Crippen LogP contribution in [0.15, 0.2) is 30.3 Å². The van der Waals surface area contributed by atoms with Gasteiger partial charge in [-0.15, -0.1) is 0 Å². The second-order valence-corrected chi connectivity index (χ2v) is 7.90. The molecule has 0 aromatic heterocycles. The molecule has 2 atom stereocenters. The number of hydrogen-bond donors (Lipinski definition) is 0. The van der Waals surface area contributed by atoms with Gasteiger partial charge in [0, 0.05) is 0 Å². The van der Waals surface area contributed by atoms with E-state index in [0.717, 1.165) is 5.92 Å². The van der Waals surface area contributed by atoms with Gasteiger partial charge in [0.2, 0.25) is 0 Å². The van der Waals surface area contributed by atoms with E-state index in [1.165, 1.54) is 24.0 Å². The quantitative estimate of drug-likeness (QED) is 0.600. The average Bonchev–Trinajstić information content (AvgIpc) is 2.49. The van der Waals surface area contributed by atoms with Gasteiger partial charge in [0.1, 0.15) is 0 Å². The zero-order chi connectivity index (χ0) is 9.31. The van der Waals surface area contributed by atoms with Crippen molar-refractivity contribution >= 4 is 18.5 Å². The molecule has 1 aliphatic heterocycles. The van der Waals surface area contributed by atoms with Crippen molar-refractivity contribution in [1.82, 2.24) is 0 Å². The molecule has 2 unspecified atom stereocenters. The zero-order valence-electron chi connectivity index (χ0n) is 8.24. The monoisotopic (exact) mass is 192 g/mol. The fourth-order valence-corrected chi connectivity index (χ4v) is 5.99. The largest absolute Gasteiger partial charge is 0.0966 e. The van der Waals surface area contributed by atoms with Crippen LogP contribution in [0.5, 0.6) is 0 Å². The first-order chi connectivity index (χ1) is 6.21. The molecule has 1 aromatic rings. The van der Waals surface area contributed by atoms with Crippen LogP contribution in [-0.4, -0.2) is 18.6 Å². The predicted octanol–water partition coefficient (Wildman–Crippen LogP) is 2.80. The average molecular weight is 192 g/mol. The van der Waals surface area contributed by atoms with Crippen LogP contribution in [0.4, 0.5) is 0 Å². The lowest BCUT2D eigenvalue weighted by Gasteiger charge is -2.18. The van der Waals surface area contributed by atoms with Crippen LogP contribution in [0.25, 0.3) is 0 Å². The Balaban J connectivity index is 2.32. The van der Waals surface area contributed by atoms with Crippen molar-refractivity contribution in [2.45, 2.75) is 13.3 Å². The normalized spacial score (nSPS) is 33.5. The highest BCUT2D eigenvalue weighted by molar-refractivity contribution is 7.81. The lowest BCUT2D eigenvalue weighted by Crippen LogP contribution is -2.06. The summed E-state index contributed by atoms with van der Waals surface area (Å²) in [5.74, 6) is 0.894. The summed E-state index contributed by atoms with van der Waals surface area (Å²) in [6, 6.07) is 10.9. The summed E-state index contributed by atoms with van der Waals surface area (Å²) >= 11 is 0. The maximum atomic E-state index is 4.50. The van der Waals surface area contributed by atoms with Gasteiger partial charge in [-0.25, -0.2) is 0 Å². The third-order valence-corrected chi connectivity index (χ3v) is 6.85. The molecular formula is C12H17P. The molecule has 0 saturated carbocycles. The minimum atomic E-state index is -0.979. The molecule has 1 fully saturated rings. The summed E-state index contributed by atoms with van der Waals surface area (Å²) in [6.45, 7) is 1.38. The molecule has 1 heterocycles. The minimum Gasteiger partial charge on any atom is -0.0966 e. The second-order valence-electron chi connectivity index (χ2n) is 4.28. The molecule has 1 heteroatoms. The van der Waals surface area contributed by atoms with Gasteiger partial charge in [-0.1, -0.05) is 50.4 Å². The molecule has 1 aliphatic rings. The Hall–Kier alpha value is -0.480. The fourth-order valence-electron chi connectivity index (χ4n) is 2.23. The minimum absolute atomic E-state index is 0.894. The molecule has 13 heavy (non-hydrogen) atoms. The van der Waals surface area contributed by atoms with E-state index in [1.54, 1.807) is 0 Å². The molecule has 0 aliphatic carbocycles. The predicted molar refractivity (Wildman–Crippen MR) is 63.6 cm³/mol. The van der Waals surface area contributed by atoms with Crippen LogP contribution in [0.2, 0.25) is 0 Å². The first-order valence-electron chi connectivity index (χ1n) is 4.98. The zero-order valence-corrected chi connectivity index (χ0v) is 9.13. The first-order valence-corrected chi connectivity index (χ1v) is 7.32. The highest BCUT2D eigenvalue weighted by Crippen LogP contribution is 2.52. The smallest absolute Gasteiger partial charge is 0.0250 e. The molecule has 0 spiro atoms. The maximum absolute atomic E-state index is 4.50. The van der Waals surface area contributed by atoms with Gasteiger partial charge in [-0.3, -0.25) is 0 Å². The summed E-state index contributed by atoms with van der Waals surface area (Å²) in [5.41, 5.74) is 0. The van der Waals surface area contributed by atoms with Gasteiger partial charge in [0.15, 0.2) is 0 Å². The Morgan fingerprint density at radius 2 is 2.00 bits per heavy atom. The summed E-state index contributed by atoms with van der Waals surface area (Å²) in [7, 11) is 0.